The fourth-order valence-corrected chi connectivity index (χ4v) is 2.35. The van der Waals surface area contributed by atoms with Crippen LogP contribution >= 0.6 is 0 Å². The van der Waals surface area contributed by atoms with E-state index in [2.05, 4.69) is 43.4 Å². The molecular weight excluding hydrogens is 262 g/mol. The van der Waals surface area contributed by atoms with Crippen LogP contribution in [0.3, 0.4) is 0 Å². The molecule has 0 aliphatic heterocycles. The maximum atomic E-state index is 5.19. The van der Waals surface area contributed by atoms with Crippen LogP contribution in [-0.4, -0.2) is 14.2 Å². The fourth-order valence-electron chi connectivity index (χ4n) is 2.35. The van der Waals surface area contributed by atoms with E-state index in [1.807, 2.05) is 24.3 Å². The van der Waals surface area contributed by atoms with Crippen molar-refractivity contribution < 1.29 is 9.47 Å². The van der Waals surface area contributed by atoms with Gasteiger partial charge in [0, 0.05) is 12.1 Å². The molecule has 3 heteroatoms. The van der Waals surface area contributed by atoms with Crippen LogP contribution in [0.2, 0.25) is 0 Å². The van der Waals surface area contributed by atoms with Crippen LogP contribution in [0.25, 0.3) is 0 Å². The van der Waals surface area contributed by atoms with Crippen LogP contribution in [0.15, 0.2) is 48.5 Å². The van der Waals surface area contributed by atoms with Crippen molar-refractivity contribution in [2.75, 3.05) is 14.2 Å². The zero-order valence-electron chi connectivity index (χ0n) is 13.1. The predicted molar refractivity (Wildman–Crippen MR) is 86.0 cm³/mol. The van der Waals surface area contributed by atoms with Gasteiger partial charge >= 0.3 is 0 Å². The minimum absolute atomic E-state index is 0.271. The van der Waals surface area contributed by atoms with Gasteiger partial charge in [-0.05, 0) is 49.2 Å². The molecular formula is C18H23NO2. The van der Waals surface area contributed by atoms with Gasteiger partial charge in [0.05, 0.1) is 14.2 Å². The summed E-state index contributed by atoms with van der Waals surface area (Å²) >= 11 is 0. The monoisotopic (exact) mass is 285 g/mol. The first-order chi connectivity index (χ1) is 10.1. The van der Waals surface area contributed by atoms with Crippen molar-refractivity contribution in [1.29, 1.82) is 0 Å². The Balaban J connectivity index is 2.01. The van der Waals surface area contributed by atoms with Gasteiger partial charge in [-0.25, -0.2) is 0 Å². The summed E-state index contributed by atoms with van der Waals surface area (Å²) in [4.78, 5) is 0. The van der Waals surface area contributed by atoms with E-state index in [4.69, 9.17) is 9.47 Å². The lowest BCUT2D eigenvalue weighted by atomic mass is 10.0. The SMILES string of the molecule is COc1ccc(C(C)N[C@H](C)c2ccc(OC)cc2)cc1. The Morgan fingerprint density at radius 2 is 1.00 bits per heavy atom. The van der Waals surface area contributed by atoms with Gasteiger partial charge in [0.15, 0.2) is 0 Å². The molecule has 0 fully saturated rings. The number of methoxy groups -OCH3 is 2. The normalized spacial score (nSPS) is 13.5. The molecule has 0 amide bonds. The van der Waals surface area contributed by atoms with Crippen LogP contribution in [-0.2, 0) is 0 Å². The molecule has 2 atom stereocenters. The molecule has 3 nitrogen and oxygen atoms in total. The van der Waals surface area contributed by atoms with Crippen molar-refractivity contribution >= 4 is 0 Å². The zero-order valence-corrected chi connectivity index (χ0v) is 13.1. The van der Waals surface area contributed by atoms with Crippen molar-refractivity contribution in [1.82, 2.24) is 5.32 Å². The largest absolute Gasteiger partial charge is 0.497 e. The minimum atomic E-state index is 0.271. The molecule has 0 saturated carbocycles. The summed E-state index contributed by atoms with van der Waals surface area (Å²) in [7, 11) is 3.37. The molecule has 0 spiro atoms. The topological polar surface area (TPSA) is 30.5 Å². The second-order valence-corrected chi connectivity index (χ2v) is 5.16. The van der Waals surface area contributed by atoms with Crippen molar-refractivity contribution in [3.8, 4) is 11.5 Å². The highest BCUT2D eigenvalue weighted by molar-refractivity contribution is 5.31. The van der Waals surface area contributed by atoms with E-state index in [9.17, 15) is 0 Å². The summed E-state index contributed by atoms with van der Waals surface area (Å²) < 4.78 is 10.4. The second-order valence-electron chi connectivity index (χ2n) is 5.16. The summed E-state index contributed by atoms with van der Waals surface area (Å²) in [6.07, 6.45) is 0. The molecule has 1 N–H and O–H groups in total. The van der Waals surface area contributed by atoms with Gasteiger partial charge in [-0.1, -0.05) is 24.3 Å². The van der Waals surface area contributed by atoms with Crippen LogP contribution in [0, 0.1) is 0 Å². The Morgan fingerprint density at radius 3 is 1.29 bits per heavy atom. The molecule has 1 unspecified atom stereocenters. The van der Waals surface area contributed by atoms with Gasteiger partial charge in [-0.3, -0.25) is 0 Å². The molecule has 0 aliphatic rings. The summed E-state index contributed by atoms with van der Waals surface area (Å²) in [5.41, 5.74) is 2.49. The Hall–Kier alpha value is -2.00. The van der Waals surface area contributed by atoms with E-state index in [1.165, 1.54) is 11.1 Å². The number of ether oxygens (including phenoxy) is 2. The molecule has 2 aromatic carbocycles. The van der Waals surface area contributed by atoms with E-state index in [1.54, 1.807) is 14.2 Å². The van der Waals surface area contributed by atoms with Gasteiger partial charge in [-0.15, -0.1) is 0 Å². The lowest BCUT2D eigenvalue weighted by Crippen LogP contribution is -2.22. The standard InChI is InChI=1S/C18H23NO2/c1-13(15-5-9-17(20-3)10-6-15)19-14(2)16-7-11-18(21-4)12-8-16/h5-14,19H,1-4H3/t13-,14?/m1/s1. The minimum Gasteiger partial charge on any atom is -0.497 e. The number of hydrogen-bond donors (Lipinski definition) is 1. The van der Waals surface area contributed by atoms with Crippen LogP contribution < -0.4 is 14.8 Å². The maximum Gasteiger partial charge on any atom is 0.118 e. The van der Waals surface area contributed by atoms with E-state index in [0.717, 1.165) is 11.5 Å². The fraction of sp³-hybridized carbons (Fsp3) is 0.333. The quantitative estimate of drug-likeness (QED) is 0.866. The molecule has 112 valence electrons. The van der Waals surface area contributed by atoms with Crippen LogP contribution in [0.1, 0.15) is 37.1 Å². The third kappa shape index (κ3) is 3.99. The molecule has 0 heterocycles. The van der Waals surface area contributed by atoms with Crippen molar-refractivity contribution in [2.45, 2.75) is 25.9 Å². The average Bonchev–Trinajstić information content (AvgIpc) is 2.55. The summed E-state index contributed by atoms with van der Waals surface area (Å²) in [6, 6.07) is 16.9. The Kier molecular flexibility index (Phi) is 5.23. The number of nitrogens with one attached hydrogen (secondary N) is 1. The highest BCUT2D eigenvalue weighted by atomic mass is 16.5. The van der Waals surface area contributed by atoms with Crippen molar-refractivity contribution in [3.63, 3.8) is 0 Å². The third-order valence-corrected chi connectivity index (χ3v) is 3.73. The van der Waals surface area contributed by atoms with Gasteiger partial charge in [0.2, 0.25) is 0 Å². The molecule has 2 aromatic rings. The molecule has 0 saturated heterocycles. The Morgan fingerprint density at radius 1 is 0.667 bits per heavy atom. The summed E-state index contributed by atoms with van der Waals surface area (Å²) in [5, 5.41) is 3.61. The first-order valence-electron chi connectivity index (χ1n) is 7.18. The third-order valence-electron chi connectivity index (χ3n) is 3.73. The predicted octanol–water partition coefficient (Wildman–Crippen LogP) is 4.12. The smallest absolute Gasteiger partial charge is 0.118 e. The lowest BCUT2D eigenvalue weighted by molar-refractivity contribution is 0.413. The number of benzene rings is 2. The van der Waals surface area contributed by atoms with Crippen LogP contribution in [0.4, 0.5) is 0 Å². The number of hydrogen-bond acceptors (Lipinski definition) is 3. The highest BCUT2D eigenvalue weighted by Gasteiger charge is 2.11. The Labute approximate surface area is 126 Å². The van der Waals surface area contributed by atoms with E-state index >= 15 is 0 Å². The first kappa shape index (κ1) is 15.4. The Bertz CT molecular complexity index is 497. The molecule has 0 aliphatic carbocycles. The second kappa shape index (κ2) is 7.14. The van der Waals surface area contributed by atoms with Crippen molar-refractivity contribution in [3.05, 3.63) is 59.7 Å². The highest BCUT2D eigenvalue weighted by Crippen LogP contribution is 2.22. The lowest BCUT2D eigenvalue weighted by Gasteiger charge is -2.21. The maximum absolute atomic E-state index is 5.19. The molecule has 0 radical (unpaired) electrons. The van der Waals surface area contributed by atoms with Crippen molar-refractivity contribution in [2.24, 2.45) is 0 Å². The van der Waals surface area contributed by atoms with Gasteiger partial charge < -0.3 is 14.8 Å². The van der Waals surface area contributed by atoms with Gasteiger partial charge in [0.25, 0.3) is 0 Å². The molecule has 0 aromatic heterocycles. The first-order valence-corrected chi connectivity index (χ1v) is 7.18. The molecule has 2 rings (SSSR count). The number of rotatable bonds is 6. The summed E-state index contributed by atoms with van der Waals surface area (Å²) in [6.45, 7) is 4.34. The molecule has 21 heavy (non-hydrogen) atoms. The summed E-state index contributed by atoms with van der Waals surface area (Å²) in [5.74, 6) is 1.77. The zero-order chi connectivity index (χ0) is 15.2. The van der Waals surface area contributed by atoms with E-state index < -0.39 is 0 Å². The van der Waals surface area contributed by atoms with E-state index in [0.29, 0.717) is 0 Å². The average molecular weight is 285 g/mol. The van der Waals surface area contributed by atoms with E-state index in [-0.39, 0.29) is 12.1 Å². The van der Waals surface area contributed by atoms with Gasteiger partial charge in [0.1, 0.15) is 11.5 Å². The van der Waals surface area contributed by atoms with Crippen LogP contribution in [0.5, 0.6) is 11.5 Å². The van der Waals surface area contributed by atoms with Gasteiger partial charge in [-0.2, -0.15) is 0 Å². The molecule has 0 bridgehead atoms.